The van der Waals surface area contributed by atoms with E-state index < -0.39 is 46.6 Å². The number of halogens is 5. The number of benzene rings is 2. The van der Waals surface area contributed by atoms with E-state index in [1.165, 1.54) is 48.5 Å². The number of aromatic nitrogens is 1. The molecule has 176 valence electrons. The molecule has 1 aliphatic heterocycles. The van der Waals surface area contributed by atoms with E-state index in [0.29, 0.717) is 17.3 Å². The minimum Gasteiger partial charge on any atom is -0.368 e. The molecule has 4 rings (SSSR count). The van der Waals surface area contributed by atoms with Gasteiger partial charge in [-0.2, -0.15) is 13.2 Å². The van der Waals surface area contributed by atoms with Crippen molar-refractivity contribution in [3.8, 4) is 0 Å². The Hall–Kier alpha value is -3.82. The van der Waals surface area contributed by atoms with Gasteiger partial charge in [-0.3, -0.25) is 14.6 Å². The number of carbonyl (C=O) groups excluding carboxylic acids is 2. The molecule has 2 aromatic carbocycles. The van der Waals surface area contributed by atoms with Crippen molar-refractivity contribution in [3.63, 3.8) is 0 Å². The molecule has 1 unspecified atom stereocenters. The highest BCUT2D eigenvalue weighted by Gasteiger charge is 2.52. The molecule has 34 heavy (non-hydrogen) atoms. The van der Waals surface area contributed by atoms with Crippen LogP contribution < -0.4 is 5.73 Å². The number of rotatable bonds is 5. The van der Waals surface area contributed by atoms with Crippen LogP contribution >= 0.6 is 0 Å². The van der Waals surface area contributed by atoms with E-state index in [0.717, 1.165) is 17.0 Å². The summed E-state index contributed by atoms with van der Waals surface area (Å²) in [5, 5.41) is 0. The Morgan fingerprint density at radius 3 is 1.88 bits per heavy atom. The Kier molecular flexibility index (Phi) is 5.84. The summed E-state index contributed by atoms with van der Waals surface area (Å²) in [7, 11) is 0. The zero-order chi connectivity index (χ0) is 24.7. The first-order valence-corrected chi connectivity index (χ1v) is 10.2. The maximum atomic E-state index is 13.9. The first kappa shape index (κ1) is 23.3. The van der Waals surface area contributed by atoms with E-state index in [4.69, 9.17) is 5.73 Å². The van der Waals surface area contributed by atoms with Crippen molar-refractivity contribution in [3.05, 3.63) is 101 Å². The van der Waals surface area contributed by atoms with Gasteiger partial charge >= 0.3 is 6.18 Å². The fourth-order valence-electron chi connectivity index (χ4n) is 4.35. The molecule has 2 heterocycles. The Morgan fingerprint density at radius 1 is 0.941 bits per heavy atom. The molecule has 5 nitrogen and oxygen atoms in total. The van der Waals surface area contributed by atoms with Gasteiger partial charge in [-0.05, 0) is 53.9 Å². The van der Waals surface area contributed by atoms with Crippen LogP contribution in [-0.4, -0.2) is 28.2 Å². The van der Waals surface area contributed by atoms with Gasteiger partial charge in [-0.15, -0.1) is 0 Å². The molecular formula is C24H18F5N3O2. The van der Waals surface area contributed by atoms with E-state index in [1.54, 1.807) is 0 Å². The summed E-state index contributed by atoms with van der Waals surface area (Å²) in [6.45, 7) is 0.00386. The third kappa shape index (κ3) is 4.00. The van der Waals surface area contributed by atoms with Gasteiger partial charge in [0.05, 0.1) is 11.3 Å². The van der Waals surface area contributed by atoms with Crippen molar-refractivity contribution < 1.29 is 31.5 Å². The van der Waals surface area contributed by atoms with Crippen LogP contribution in [0.4, 0.5) is 22.0 Å². The lowest BCUT2D eigenvalue weighted by Crippen LogP contribution is -2.44. The maximum absolute atomic E-state index is 13.9. The largest absolute Gasteiger partial charge is 0.417 e. The second-order valence-corrected chi connectivity index (χ2v) is 7.94. The highest BCUT2D eigenvalue weighted by molar-refractivity contribution is 5.97. The van der Waals surface area contributed by atoms with Crippen LogP contribution in [-0.2, 0) is 21.2 Å². The number of primary amides is 1. The summed E-state index contributed by atoms with van der Waals surface area (Å²) in [4.78, 5) is 31.1. The predicted octanol–water partition coefficient (Wildman–Crippen LogP) is 4.12. The third-order valence-corrected chi connectivity index (χ3v) is 6.00. The number of alkyl halides is 3. The molecule has 0 spiro atoms. The summed E-state index contributed by atoms with van der Waals surface area (Å²) >= 11 is 0. The van der Waals surface area contributed by atoms with Gasteiger partial charge in [0.15, 0.2) is 6.04 Å². The molecule has 3 aromatic rings. The van der Waals surface area contributed by atoms with E-state index in [2.05, 4.69) is 4.98 Å². The van der Waals surface area contributed by atoms with E-state index in [9.17, 15) is 31.5 Å². The second kappa shape index (κ2) is 8.51. The lowest BCUT2D eigenvalue weighted by Gasteiger charge is -2.31. The van der Waals surface area contributed by atoms with Crippen LogP contribution in [0.5, 0.6) is 0 Å². The van der Waals surface area contributed by atoms with Gasteiger partial charge in [0.1, 0.15) is 17.0 Å². The van der Waals surface area contributed by atoms with Crippen LogP contribution in [0, 0.1) is 11.6 Å². The molecule has 10 heteroatoms. The topological polar surface area (TPSA) is 76.3 Å². The summed E-state index contributed by atoms with van der Waals surface area (Å²) in [5.41, 5.74) is 3.85. The number of nitrogens with two attached hydrogens (primary N) is 1. The number of nitrogens with zero attached hydrogens (tertiary/aromatic N) is 2. The SMILES string of the molecule is NC(=O)C(c1ccc(C(F)(F)F)cn1)N1CCC(c2ccc(F)cc2)(c2ccc(F)cc2)C1=O. The maximum Gasteiger partial charge on any atom is 0.417 e. The monoisotopic (exact) mass is 475 g/mol. The fraction of sp³-hybridized carbons (Fsp3) is 0.208. The number of hydrogen-bond acceptors (Lipinski definition) is 3. The highest BCUT2D eigenvalue weighted by Crippen LogP contribution is 2.44. The van der Waals surface area contributed by atoms with Gasteiger partial charge in [0.2, 0.25) is 11.8 Å². The van der Waals surface area contributed by atoms with Crippen LogP contribution in [0.1, 0.15) is 34.8 Å². The smallest absolute Gasteiger partial charge is 0.368 e. The Labute approximate surface area is 191 Å². The summed E-state index contributed by atoms with van der Waals surface area (Å²) in [6.07, 6.45) is -3.93. The Bertz CT molecular complexity index is 1160. The van der Waals surface area contributed by atoms with Crippen molar-refractivity contribution in [2.45, 2.75) is 24.1 Å². The molecule has 1 fully saturated rings. The normalized spacial score (nSPS) is 16.5. The molecule has 0 bridgehead atoms. The molecule has 0 radical (unpaired) electrons. The van der Waals surface area contributed by atoms with Gasteiger partial charge in [0, 0.05) is 12.7 Å². The number of likely N-dealkylation sites (tertiary alicyclic amines) is 1. The van der Waals surface area contributed by atoms with Crippen molar-refractivity contribution in [1.29, 1.82) is 0 Å². The molecule has 2 amide bonds. The quantitative estimate of drug-likeness (QED) is 0.564. The Balaban J connectivity index is 1.79. The van der Waals surface area contributed by atoms with Gasteiger partial charge in [0.25, 0.3) is 0 Å². The van der Waals surface area contributed by atoms with Crippen molar-refractivity contribution in [1.82, 2.24) is 9.88 Å². The van der Waals surface area contributed by atoms with Crippen LogP contribution in [0.15, 0.2) is 66.9 Å². The average molecular weight is 475 g/mol. The predicted molar refractivity (Wildman–Crippen MR) is 111 cm³/mol. The summed E-state index contributed by atoms with van der Waals surface area (Å²) in [6, 6.07) is 10.8. The fourth-order valence-corrected chi connectivity index (χ4v) is 4.35. The number of carbonyl (C=O) groups is 2. The molecule has 0 aliphatic carbocycles. The lowest BCUT2D eigenvalue weighted by molar-refractivity contribution is -0.139. The number of amides is 2. The van der Waals surface area contributed by atoms with E-state index in [1.807, 2.05) is 0 Å². The lowest BCUT2D eigenvalue weighted by atomic mass is 9.73. The molecular weight excluding hydrogens is 457 g/mol. The molecule has 1 aromatic heterocycles. The average Bonchev–Trinajstić information content (AvgIpc) is 3.12. The minimum atomic E-state index is -4.63. The zero-order valence-corrected chi connectivity index (χ0v) is 17.5. The van der Waals surface area contributed by atoms with Crippen LogP contribution in [0.2, 0.25) is 0 Å². The minimum absolute atomic E-state index is 0.00386. The molecule has 1 aliphatic rings. The van der Waals surface area contributed by atoms with Crippen molar-refractivity contribution in [2.75, 3.05) is 6.54 Å². The molecule has 0 saturated carbocycles. The highest BCUT2D eigenvalue weighted by atomic mass is 19.4. The van der Waals surface area contributed by atoms with Crippen LogP contribution in [0.25, 0.3) is 0 Å². The molecule has 1 atom stereocenters. The van der Waals surface area contributed by atoms with Crippen LogP contribution in [0.3, 0.4) is 0 Å². The first-order valence-electron chi connectivity index (χ1n) is 10.2. The van der Waals surface area contributed by atoms with E-state index >= 15 is 0 Å². The standard InChI is InChI=1S/C24H18F5N3O2/c25-17-6-1-14(2-7-17)23(15-3-8-18(26)9-4-15)11-12-32(22(23)34)20(21(30)33)19-10-5-16(13-31-19)24(27,28)29/h1-10,13,20H,11-12H2,(H2,30,33). The van der Waals surface area contributed by atoms with Gasteiger partial charge in [-0.25, -0.2) is 8.78 Å². The molecule has 1 saturated heterocycles. The Morgan fingerprint density at radius 2 is 1.47 bits per heavy atom. The third-order valence-electron chi connectivity index (χ3n) is 6.00. The van der Waals surface area contributed by atoms with Crippen molar-refractivity contribution in [2.24, 2.45) is 5.73 Å². The van der Waals surface area contributed by atoms with E-state index in [-0.39, 0.29) is 18.7 Å². The number of hydrogen-bond donors (Lipinski definition) is 1. The van der Waals surface area contributed by atoms with Crippen molar-refractivity contribution >= 4 is 11.8 Å². The first-order chi connectivity index (χ1) is 16.0. The number of pyridine rings is 1. The molecule has 2 N–H and O–H groups in total. The summed E-state index contributed by atoms with van der Waals surface area (Å²) in [5.74, 6) is -2.61. The van der Waals surface area contributed by atoms with Gasteiger partial charge in [-0.1, -0.05) is 24.3 Å². The summed E-state index contributed by atoms with van der Waals surface area (Å²) < 4.78 is 66.0. The zero-order valence-electron chi connectivity index (χ0n) is 17.5. The van der Waals surface area contributed by atoms with Gasteiger partial charge < -0.3 is 10.6 Å². The second-order valence-electron chi connectivity index (χ2n) is 7.94.